The number of fused-ring (bicyclic) bond motifs is 3. The fraction of sp³-hybridized carbons (Fsp3) is 0.167. The van der Waals surface area contributed by atoms with E-state index in [1.54, 1.807) is 19.2 Å². The van der Waals surface area contributed by atoms with Gasteiger partial charge in [0.2, 0.25) is 0 Å². The van der Waals surface area contributed by atoms with E-state index in [0.717, 1.165) is 16.3 Å². The van der Waals surface area contributed by atoms with Crippen LogP contribution in [0.2, 0.25) is 0 Å². The highest BCUT2D eigenvalue weighted by molar-refractivity contribution is 6.04. The van der Waals surface area contributed by atoms with Crippen LogP contribution in [0.4, 0.5) is 0 Å². The number of ether oxygens (including phenoxy) is 2. The van der Waals surface area contributed by atoms with Crippen LogP contribution in [0.5, 0.6) is 11.5 Å². The maximum absolute atomic E-state index is 12.2. The summed E-state index contributed by atoms with van der Waals surface area (Å²) in [6.07, 6.45) is 0. The molecule has 0 amide bonds. The van der Waals surface area contributed by atoms with Crippen molar-refractivity contribution in [2.45, 2.75) is 6.92 Å². The Kier molecular flexibility index (Phi) is 3.59. The lowest BCUT2D eigenvalue weighted by Crippen LogP contribution is -2.01. The molecule has 0 aliphatic rings. The maximum Gasteiger partial charge on any atom is 0.344 e. The van der Waals surface area contributed by atoms with Gasteiger partial charge in [-0.2, -0.15) is 0 Å². The van der Waals surface area contributed by atoms with E-state index < -0.39 is 5.63 Å². The first-order valence-electron chi connectivity index (χ1n) is 6.90. The first-order valence-corrected chi connectivity index (χ1v) is 6.90. The van der Waals surface area contributed by atoms with Crippen LogP contribution in [0.1, 0.15) is 6.92 Å². The van der Waals surface area contributed by atoms with E-state index in [0.29, 0.717) is 29.1 Å². The van der Waals surface area contributed by atoms with Gasteiger partial charge in [0, 0.05) is 16.8 Å². The van der Waals surface area contributed by atoms with Crippen molar-refractivity contribution < 1.29 is 13.9 Å². The molecule has 22 heavy (non-hydrogen) atoms. The Morgan fingerprint density at radius 2 is 1.82 bits per heavy atom. The number of hydrogen-bond acceptors (Lipinski definition) is 4. The average molecular weight is 296 g/mol. The molecule has 0 saturated heterocycles. The van der Waals surface area contributed by atoms with Crippen molar-refractivity contribution in [2.75, 3.05) is 13.7 Å². The summed E-state index contributed by atoms with van der Waals surface area (Å²) in [4.78, 5) is 12.2. The van der Waals surface area contributed by atoms with E-state index in [1.807, 2.05) is 31.2 Å². The van der Waals surface area contributed by atoms with Crippen LogP contribution in [0.15, 0.2) is 57.8 Å². The molecular weight excluding hydrogens is 280 g/mol. The van der Waals surface area contributed by atoms with E-state index >= 15 is 0 Å². The topological polar surface area (TPSA) is 48.7 Å². The van der Waals surface area contributed by atoms with E-state index in [4.69, 9.17) is 13.9 Å². The summed E-state index contributed by atoms with van der Waals surface area (Å²) in [6, 6.07) is 10.8. The van der Waals surface area contributed by atoms with Crippen LogP contribution in [-0.4, -0.2) is 13.7 Å². The van der Waals surface area contributed by atoms with Crippen molar-refractivity contribution in [1.29, 1.82) is 0 Å². The van der Waals surface area contributed by atoms with Crippen LogP contribution >= 0.6 is 0 Å². The number of methoxy groups -OCH3 is 1. The molecule has 1 aromatic heterocycles. The van der Waals surface area contributed by atoms with Gasteiger partial charge in [-0.3, -0.25) is 0 Å². The summed E-state index contributed by atoms with van der Waals surface area (Å²) in [6.45, 7) is 6.12. The lowest BCUT2D eigenvalue weighted by Gasteiger charge is -2.08. The summed E-state index contributed by atoms with van der Waals surface area (Å²) >= 11 is 0. The Balaban J connectivity index is 2.17. The second-order valence-corrected chi connectivity index (χ2v) is 5.20. The zero-order chi connectivity index (χ0) is 15.7. The predicted octanol–water partition coefficient (Wildman–Crippen LogP) is 3.91. The molecule has 0 unspecified atom stereocenters. The van der Waals surface area contributed by atoms with E-state index in [9.17, 15) is 4.79 Å². The number of rotatable bonds is 4. The second kappa shape index (κ2) is 5.56. The van der Waals surface area contributed by atoms with Crippen LogP contribution in [0.3, 0.4) is 0 Å². The van der Waals surface area contributed by atoms with Gasteiger partial charge >= 0.3 is 5.63 Å². The number of hydrogen-bond donors (Lipinski definition) is 0. The predicted molar refractivity (Wildman–Crippen MR) is 86.9 cm³/mol. The monoisotopic (exact) mass is 296 g/mol. The first-order chi connectivity index (χ1) is 10.6. The van der Waals surface area contributed by atoms with Crippen molar-refractivity contribution >= 4 is 21.7 Å². The molecule has 0 radical (unpaired) electrons. The third kappa shape index (κ3) is 2.55. The normalized spacial score (nSPS) is 10.8. The van der Waals surface area contributed by atoms with E-state index in [-0.39, 0.29) is 0 Å². The van der Waals surface area contributed by atoms with Gasteiger partial charge in [-0.25, -0.2) is 4.79 Å². The summed E-state index contributed by atoms with van der Waals surface area (Å²) < 4.78 is 16.1. The molecular formula is C18H16O4. The van der Waals surface area contributed by atoms with Crippen LogP contribution in [-0.2, 0) is 0 Å². The molecule has 0 atom stereocenters. The SMILES string of the molecule is C=C(C)COc1ccc2c(c1)oc(=O)c1cc(OC)ccc12. The third-order valence-electron chi connectivity index (χ3n) is 3.38. The quantitative estimate of drug-likeness (QED) is 0.416. The minimum absolute atomic E-state index is 0.390. The van der Waals surface area contributed by atoms with Gasteiger partial charge in [-0.15, -0.1) is 0 Å². The van der Waals surface area contributed by atoms with Gasteiger partial charge in [0.15, 0.2) is 0 Å². The summed E-state index contributed by atoms with van der Waals surface area (Å²) in [7, 11) is 1.56. The van der Waals surface area contributed by atoms with Crippen LogP contribution in [0.25, 0.3) is 21.7 Å². The standard InChI is InChI=1S/C18H16O4/c1-11(2)10-21-13-5-7-15-14-6-4-12(20-3)8-16(14)18(19)22-17(15)9-13/h4-9H,1,10H2,2-3H3. The Morgan fingerprint density at radius 3 is 2.55 bits per heavy atom. The largest absolute Gasteiger partial charge is 0.497 e. The molecule has 0 aliphatic carbocycles. The molecule has 4 heteroatoms. The minimum Gasteiger partial charge on any atom is -0.497 e. The molecule has 1 heterocycles. The van der Waals surface area contributed by atoms with Gasteiger partial charge in [-0.05, 0) is 42.8 Å². The highest BCUT2D eigenvalue weighted by atomic mass is 16.5. The molecule has 0 fully saturated rings. The van der Waals surface area contributed by atoms with Gasteiger partial charge < -0.3 is 13.9 Å². The molecule has 4 nitrogen and oxygen atoms in total. The van der Waals surface area contributed by atoms with Gasteiger partial charge in [-0.1, -0.05) is 6.58 Å². The molecule has 0 spiro atoms. The van der Waals surface area contributed by atoms with Crippen molar-refractivity contribution in [3.8, 4) is 11.5 Å². The molecule has 0 saturated carbocycles. The van der Waals surface area contributed by atoms with Gasteiger partial charge in [0.1, 0.15) is 23.7 Å². The summed E-state index contributed by atoms with van der Waals surface area (Å²) in [5.41, 5.74) is 1.03. The lowest BCUT2D eigenvalue weighted by molar-refractivity contribution is 0.352. The highest BCUT2D eigenvalue weighted by Gasteiger charge is 2.09. The fourth-order valence-corrected chi connectivity index (χ4v) is 2.31. The molecule has 112 valence electrons. The zero-order valence-electron chi connectivity index (χ0n) is 12.5. The second-order valence-electron chi connectivity index (χ2n) is 5.20. The molecule has 3 rings (SSSR count). The molecule has 0 aliphatic heterocycles. The summed E-state index contributed by atoms with van der Waals surface area (Å²) in [5, 5.41) is 2.20. The average Bonchev–Trinajstić information content (AvgIpc) is 2.52. The summed E-state index contributed by atoms with van der Waals surface area (Å²) in [5.74, 6) is 1.27. The molecule has 3 aromatic rings. The maximum atomic E-state index is 12.2. The first kappa shape index (κ1) is 14.2. The van der Waals surface area contributed by atoms with E-state index in [2.05, 4.69) is 6.58 Å². The minimum atomic E-state index is -0.390. The van der Waals surface area contributed by atoms with Crippen LogP contribution in [0, 0.1) is 0 Å². The van der Waals surface area contributed by atoms with Crippen molar-refractivity contribution in [3.05, 3.63) is 59.0 Å². The van der Waals surface area contributed by atoms with Crippen molar-refractivity contribution in [1.82, 2.24) is 0 Å². The number of benzene rings is 2. The van der Waals surface area contributed by atoms with E-state index in [1.165, 1.54) is 0 Å². The van der Waals surface area contributed by atoms with Gasteiger partial charge in [0.05, 0.1) is 12.5 Å². The molecule has 0 N–H and O–H groups in total. The lowest BCUT2D eigenvalue weighted by atomic mass is 10.1. The van der Waals surface area contributed by atoms with Gasteiger partial charge in [0.25, 0.3) is 0 Å². The Labute approximate surface area is 127 Å². The molecule has 2 aromatic carbocycles. The highest BCUT2D eigenvalue weighted by Crippen LogP contribution is 2.28. The Bertz CT molecular complexity index is 921. The third-order valence-corrected chi connectivity index (χ3v) is 3.38. The molecule has 0 bridgehead atoms. The smallest absolute Gasteiger partial charge is 0.344 e. The van der Waals surface area contributed by atoms with Crippen molar-refractivity contribution in [3.63, 3.8) is 0 Å². The zero-order valence-corrected chi connectivity index (χ0v) is 12.5. The fourth-order valence-electron chi connectivity index (χ4n) is 2.31. The Morgan fingerprint density at radius 1 is 1.09 bits per heavy atom. The van der Waals surface area contributed by atoms with Crippen molar-refractivity contribution in [2.24, 2.45) is 0 Å². The van der Waals surface area contributed by atoms with Crippen LogP contribution < -0.4 is 15.1 Å². The Hall–Kier alpha value is -2.75.